The summed E-state index contributed by atoms with van der Waals surface area (Å²) < 4.78 is 9.14. The first kappa shape index (κ1) is 21.6. The SMILES string of the molecule is O=C(O)CO/N=C/c1cn(Cc2ccccc2)c2ccc(OCc3cccc(Br)c3)cc12. The summed E-state index contributed by atoms with van der Waals surface area (Å²) in [5.41, 5.74) is 4.06. The van der Waals surface area contributed by atoms with E-state index in [1.807, 2.05) is 66.9 Å². The van der Waals surface area contributed by atoms with Gasteiger partial charge in [-0.15, -0.1) is 0 Å². The molecule has 6 nitrogen and oxygen atoms in total. The van der Waals surface area contributed by atoms with Crippen molar-refractivity contribution in [3.63, 3.8) is 0 Å². The summed E-state index contributed by atoms with van der Waals surface area (Å²) >= 11 is 3.48. The van der Waals surface area contributed by atoms with Gasteiger partial charge < -0.3 is 19.2 Å². The fourth-order valence-corrected chi connectivity index (χ4v) is 3.83. The molecule has 0 spiro atoms. The van der Waals surface area contributed by atoms with E-state index in [1.54, 1.807) is 0 Å². The van der Waals surface area contributed by atoms with Crippen molar-refractivity contribution in [2.45, 2.75) is 13.2 Å². The number of carbonyl (C=O) groups is 1. The molecule has 1 heterocycles. The molecule has 3 aromatic carbocycles. The average Bonchev–Trinajstić information content (AvgIpc) is 3.12. The summed E-state index contributed by atoms with van der Waals surface area (Å²) in [6, 6.07) is 24.1. The molecule has 0 aliphatic carbocycles. The van der Waals surface area contributed by atoms with Gasteiger partial charge in [-0.05, 0) is 41.5 Å². The lowest BCUT2D eigenvalue weighted by molar-refractivity contribution is -0.142. The molecule has 4 aromatic rings. The molecule has 0 aliphatic rings. The summed E-state index contributed by atoms with van der Waals surface area (Å²) in [4.78, 5) is 15.5. The normalized spacial score (nSPS) is 11.2. The van der Waals surface area contributed by atoms with Gasteiger partial charge in [-0.1, -0.05) is 63.6 Å². The number of fused-ring (bicyclic) bond motifs is 1. The summed E-state index contributed by atoms with van der Waals surface area (Å²) in [6.07, 6.45) is 3.51. The molecule has 0 atom stereocenters. The Bertz CT molecular complexity index is 1250. The average molecular weight is 493 g/mol. The lowest BCUT2D eigenvalue weighted by atomic mass is 10.2. The Labute approximate surface area is 193 Å². The van der Waals surface area contributed by atoms with E-state index >= 15 is 0 Å². The molecule has 7 heteroatoms. The zero-order valence-electron chi connectivity index (χ0n) is 17.1. The third kappa shape index (κ3) is 5.56. The molecule has 0 unspecified atom stereocenters. The monoisotopic (exact) mass is 492 g/mol. The van der Waals surface area contributed by atoms with Crippen LogP contribution in [0.25, 0.3) is 10.9 Å². The van der Waals surface area contributed by atoms with E-state index in [-0.39, 0.29) is 0 Å². The Kier molecular flexibility index (Phi) is 6.87. The number of hydrogen-bond acceptors (Lipinski definition) is 4. The Balaban J connectivity index is 1.61. The number of rotatable bonds is 9. The minimum Gasteiger partial charge on any atom is -0.489 e. The molecule has 0 fully saturated rings. The standard InChI is InChI=1S/C25H21BrN2O4/c26-21-8-4-7-19(11-21)16-31-22-9-10-24-23(12-22)20(13-27-32-17-25(29)30)15-28(24)14-18-5-2-1-3-6-18/h1-13,15H,14,16-17H2,(H,29,30)/b27-13+. The van der Waals surface area contributed by atoms with Crippen LogP contribution in [0.1, 0.15) is 16.7 Å². The first-order chi connectivity index (χ1) is 15.6. The van der Waals surface area contributed by atoms with Crippen molar-refractivity contribution < 1.29 is 19.5 Å². The fraction of sp³-hybridized carbons (Fsp3) is 0.120. The van der Waals surface area contributed by atoms with Crippen LogP contribution in [0.15, 0.2) is 88.6 Å². The van der Waals surface area contributed by atoms with Crippen LogP contribution in [-0.4, -0.2) is 28.5 Å². The first-order valence-corrected chi connectivity index (χ1v) is 10.8. The van der Waals surface area contributed by atoms with Gasteiger partial charge in [-0.25, -0.2) is 4.79 Å². The van der Waals surface area contributed by atoms with Crippen molar-refractivity contribution >= 4 is 39.0 Å². The maximum atomic E-state index is 10.7. The number of ether oxygens (including phenoxy) is 1. The molecule has 1 N–H and O–H groups in total. The molecule has 1 aromatic heterocycles. The van der Waals surface area contributed by atoms with Crippen molar-refractivity contribution in [2.75, 3.05) is 6.61 Å². The zero-order valence-corrected chi connectivity index (χ0v) is 18.7. The number of aromatic nitrogens is 1. The highest BCUT2D eigenvalue weighted by molar-refractivity contribution is 9.10. The van der Waals surface area contributed by atoms with E-state index in [2.05, 4.69) is 37.8 Å². The van der Waals surface area contributed by atoms with Gasteiger partial charge in [-0.3, -0.25) is 0 Å². The fourth-order valence-electron chi connectivity index (χ4n) is 3.39. The summed E-state index contributed by atoms with van der Waals surface area (Å²) in [5, 5.41) is 13.5. The molecular weight excluding hydrogens is 472 g/mol. The number of halogens is 1. The number of benzene rings is 3. The van der Waals surface area contributed by atoms with Crippen molar-refractivity contribution in [1.29, 1.82) is 0 Å². The molecule has 0 bridgehead atoms. The number of nitrogens with zero attached hydrogens (tertiary/aromatic N) is 2. The third-order valence-corrected chi connectivity index (χ3v) is 5.32. The summed E-state index contributed by atoms with van der Waals surface area (Å²) in [6.45, 7) is 0.653. The number of hydrogen-bond donors (Lipinski definition) is 1. The maximum absolute atomic E-state index is 10.7. The van der Waals surface area contributed by atoms with Gasteiger partial charge in [0.1, 0.15) is 12.4 Å². The second kappa shape index (κ2) is 10.2. The van der Waals surface area contributed by atoms with E-state index in [0.29, 0.717) is 13.2 Å². The van der Waals surface area contributed by atoms with Gasteiger partial charge in [0.05, 0.1) is 6.21 Å². The van der Waals surface area contributed by atoms with Gasteiger partial charge in [-0.2, -0.15) is 0 Å². The van der Waals surface area contributed by atoms with Crippen LogP contribution in [0.5, 0.6) is 5.75 Å². The topological polar surface area (TPSA) is 73.0 Å². The molecule has 4 rings (SSSR count). The Morgan fingerprint density at radius 3 is 2.62 bits per heavy atom. The highest BCUT2D eigenvalue weighted by Crippen LogP contribution is 2.27. The van der Waals surface area contributed by atoms with Crippen LogP contribution in [0.4, 0.5) is 0 Å². The quantitative estimate of drug-likeness (QED) is 0.248. The van der Waals surface area contributed by atoms with Crippen LogP contribution in [-0.2, 0) is 22.8 Å². The number of carboxylic acid groups (broad SMARTS) is 1. The van der Waals surface area contributed by atoms with E-state index in [0.717, 1.165) is 32.3 Å². The number of oxime groups is 1. The van der Waals surface area contributed by atoms with Crippen LogP contribution in [0.2, 0.25) is 0 Å². The van der Waals surface area contributed by atoms with Crippen LogP contribution in [0, 0.1) is 0 Å². The van der Waals surface area contributed by atoms with Gasteiger partial charge in [0, 0.05) is 33.7 Å². The molecule has 0 amide bonds. The molecule has 162 valence electrons. The third-order valence-electron chi connectivity index (χ3n) is 4.83. The zero-order chi connectivity index (χ0) is 22.3. The predicted octanol–water partition coefficient (Wildman–Crippen LogP) is 5.47. The summed E-state index contributed by atoms with van der Waals surface area (Å²) in [5.74, 6) is -0.340. The van der Waals surface area contributed by atoms with Crippen LogP contribution < -0.4 is 4.74 Å². The van der Waals surface area contributed by atoms with E-state index in [9.17, 15) is 4.79 Å². The molecule has 0 saturated carbocycles. The second-order valence-corrected chi connectivity index (χ2v) is 8.11. The van der Waals surface area contributed by atoms with E-state index in [4.69, 9.17) is 14.7 Å². The van der Waals surface area contributed by atoms with Crippen molar-refractivity contribution in [2.24, 2.45) is 5.16 Å². The van der Waals surface area contributed by atoms with Gasteiger partial charge in [0.2, 0.25) is 6.61 Å². The van der Waals surface area contributed by atoms with Gasteiger partial charge >= 0.3 is 5.97 Å². The Morgan fingerprint density at radius 1 is 1.03 bits per heavy atom. The second-order valence-electron chi connectivity index (χ2n) is 7.20. The number of aliphatic carboxylic acids is 1. The maximum Gasteiger partial charge on any atom is 0.344 e. The molecule has 32 heavy (non-hydrogen) atoms. The first-order valence-electron chi connectivity index (χ1n) is 10.00. The van der Waals surface area contributed by atoms with Crippen molar-refractivity contribution in [3.05, 3.63) is 100 Å². The van der Waals surface area contributed by atoms with Gasteiger partial charge in [0.15, 0.2) is 0 Å². The molecule has 0 radical (unpaired) electrons. The lowest BCUT2D eigenvalue weighted by Gasteiger charge is -2.09. The van der Waals surface area contributed by atoms with Crippen molar-refractivity contribution in [3.8, 4) is 5.75 Å². The molecule has 0 saturated heterocycles. The Morgan fingerprint density at radius 2 is 1.84 bits per heavy atom. The van der Waals surface area contributed by atoms with Crippen LogP contribution >= 0.6 is 15.9 Å². The largest absolute Gasteiger partial charge is 0.489 e. The minimum absolute atomic E-state index is 0.445. The van der Waals surface area contributed by atoms with E-state index < -0.39 is 12.6 Å². The Hall–Kier alpha value is -3.58. The number of carboxylic acids is 1. The van der Waals surface area contributed by atoms with Gasteiger partial charge in [0.25, 0.3) is 0 Å². The smallest absolute Gasteiger partial charge is 0.344 e. The highest BCUT2D eigenvalue weighted by Gasteiger charge is 2.10. The van der Waals surface area contributed by atoms with Crippen LogP contribution in [0.3, 0.4) is 0 Å². The highest BCUT2D eigenvalue weighted by atomic mass is 79.9. The minimum atomic E-state index is -1.07. The van der Waals surface area contributed by atoms with Crippen molar-refractivity contribution in [1.82, 2.24) is 4.57 Å². The molecule has 0 aliphatic heterocycles. The lowest BCUT2D eigenvalue weighted by Crippen LogP contribution is -2.03. The molecular formula is C25H21BrN2O4. The predicted molar refractivity (Wildman–Crippen MR) is 127 cm³/mol. The summed E-state index contributed by atoms with van der Waals surface area (Å²) in [7, 11) is 0. The van der Waals surface area contributed by atoms with E-state index in [1.165, 1.54) is 11.8 Å².